The minimum Gasteiger partial charge on any atom is -0.305 e. The van der Waals surface area contributed by atoms with E-state index >= 15 is 0 Å². The summed E-state index contributed by atoms with van der Waals surface area (Å²) in [6.45, 7) is 18.6. The first-order valence-electron chi connectivity index (χ1n) is 5.73. The third-order valence-corrected chi connectivity index (χ3v) is 2.98. The van der Waals surface area contributed by atoms with Crippen LogP contribution < -0.4 is 0 Å². The Kier molecular flexibility index (Phi) is 4.64. The van der Waals surface area contributed by atoms with Crippen molar-refractivity contribution in [2.75, 3.05) is 20.1 Å². The Morgan fingerprint density at radius 3 is 1.64 bits per heavy atom. The van der Waals surface area contributed by atoms with E-state index in [0.29, 0.717) is 10.8 Å². The average Bonchev–Trinajstić information content (AvgIpc) is 1.79. The highest BCUT2D eigenvalue weighted by Crippen LogP contribution is 2.27. The van der Waals surface area contributed by atoms with E-state index in [-0.39, 0.29) is 0 Å². The van der Waals surface area contributed by atoms with Crippen molar-refractivity contribution in [1.82, 2.24) is 4.90 Å². The third kappa shape index (κ3) is 5.64. The second-order valence-corrected chi connectivity index (χ2v) is 6.88. The van der Waals surface area contributed by atoms with Crippen LogP contribution in [0.25, 0.3) is 0 Å². The maximum Gasteiger partial charge on any atom is 0.00323 e. The van der Waals surface area contributed by atoms with Gasteiger partial charge in [0.2, 0.25) is 0 Å². The first kappa shape index (κ1) is 14.0. The van der Waals surface area contributed by atoms with Gasteiger partial charge in [-0.1, -0.05) is 48.5 Å². The fourth-order valence-electron chi connectivity index (χ4n) is 1.74. The van der Waals surface area contributed by atoms with Crippen molar-refractivity contribution >= 4 is 0 Å². The van der Waals surface area contributed by atoms with Gasteiger partial charge < -0.3 is 4.90 Å². The van der Waals surface area contributed by atoms with E-state index in [0.717, 1.165) is 5.92 Å². The molecule has 0 aliphatic rings. The summed E-state index contributed by atoms with van der Waals surface area (Å²) in [5.41, 5.74) is 0.821. The molecule has 0 aromatic carbocycles. The van der Waals surface area contributed by atoms with E-state index in [4.69, 9.17) is 0 Å². The van der Waals surface area contributed by atoms with Crippen LogP contribution in [0.5, 0.6) is 0 Å². The van der Waals surface area contributed by atoms with Crippen LogP contribution in [0.1, 0.15) is 48.5 Å². The van der Waals surface area contributed by atoms with Crippen LogP contribution in [0.4, 0.5) is 0 Å². The Bertz CT molecular complexity index is 163. The summed E-state index contributed by atoms with van der Waals surface area (Å²) in [5, 5.41) is 0. The average molecular weight is 199 g/mol. The molecule has 0 aromatic heterocycles. The lowest BCUT2D eigenvalue weighted by molar-refractivity contribution is 0.126. The van der Waals surface area contributed by atoms with E-state index in [1.54, 1.807) is 0 Å². The van der Waals surface area contributed by atoms with Crippen molar-refractivity contribution in [3.63, 3.8) is 0 Å². The normalized spacial score (nSPS) is 14.1. The molecule has 0 unspecified atom stereocenters. The zero-order valence-electron chi connectivity index (χ0n) is 11.4. The minimum atomic E-state index is 0.405. The van der Waals surface area contributed by atoms with Crippen LogP contribution in [-0.2, 0) is 0 Å². The SMILES string of the molecule is CC(C)C(C)(C)CN(C)CC(C)(C)C. The molecule has 0 amide bonds. The molecule has 0 saturated heterocycles. The van der Waals surface area contributed by atoms with Gasteiger partial charge in [-0.3, -0.25) is 0 Å². The number of hydrogen-bond acceptors (Lipinski definition) is 1. The predicted molar refractivity (Wildman–Crippen MR) is 65.6 cm³/mol. The molecule has 1 nitrogen and oxygen atoms in total. The van der Waals surface area contributed by atoms with E-state index in [9.17, 15) is 0 Å². The standard InChI is InChI=1S/C13H29N/c1-11(2)13(6,7)10-14(8)9-12(3,4)5/h11H,9-10H2,1-8H3. The molecular formula is C13H29N. The molecular weight excluding hydrogens is 170 g/mol. The molecule has 0 radical (unpaired) electrons. The lowest BCUT2D eigenvalue weighted by atomic mass is 9.80. The molecule has 0 atom stereocenters. The zero-order valence-corrected chi connectivity index (χ0v) is 11.4. The first-order chi connectivity index (χ1) is 6.04. The Morgan fingerprint density at radius 1 is 0.929 bits per heavy atom. The number of rotatable bonds is 4. The maximum atomic E-state index is 2.46. The van der Waals surface area contributed by atoms with Crippen molar-refractivity contribution < 1.29 is 0 Å². The van der Waals surface area contributed by atoms with Gasteiger partial charge in [0.05, 0.1) is 0 Å². The molecule has 0 rings (SSSR count). The molecule has 1 heteroatoms. The summed E-state index contributed by atoms with van der Waals surface area (Å²) < 4.78 is 0. The summed E-state index contributed by atoms with van der Waals surface area (Å²) in [6.07, 6.45) is 0. The number of hydrogen-bond donors (Lipinski definition) is 0. The van der Waals surface area contributed by atoms with E-state index < -0.39 is 0 Å². The molecule has 0 heterocycles. The zero-order chi connectivity index (χ0) is 11.6. The highest BCUT2D eigenvalue weighted by Gasteiger charge is 2.25. The van der Waals surface area contributed by atoms with Gasteiger partial charge in [0.1, 0.15) is 0 Å². The molecule has 0 aliphatic heterocycles. The van der Waals surface area contributed by atoms with Crippen molar-refractivity contribution in [2.24, 2.45) is 16.7 Å². The largest absolute Gasteiger partial charge is 0.305 e. The van der Waals surface area contributed by atoms with Gasteiger partial charge in [0, 0.05) is 13.1 Å². The molecule has 0 N–H and O–H groups in total. The third-order valence-electron chi connectivity index (χ3n) is 2.98. The van der Waals surface area contributed by atoms with Crippen LogP contribution in [-0.4, -0.2) is 25.0 Å². The molecule has 14 heavy (non-hydrogen) atoms. The molecule has 0 saturated carbocycles. The van der Waals surface area contributed by atoms with Gasteiger partial charge in [-0.25, -0.2) is 0 Å². The van der Waals surface area contributed by atoms with Crippen molar-refractivity contribution in [3.05, 3.63) is 0 Å². The summed E-state index contributed by atoms with van der Waals surface area (Å²) in [6, 6.07) is 0. The molecule has 0 fully saturated rings. The highest BCUT2D eigenvalue weighted by molar-refractivity contribution is 4.77. The van der Waals surface area contributed by atoms with E-state index in [2.05, 4.69) is 60.4 Å². The predicted octanol–water partition coefficient (Wildman–Crippen LogP) is 3.65. The smallest absolute Gasteiger partial charge is 0.00323 e. The van der Waals surface area contributed by atoms with Crippen molar-refractivity contribution in [2.45, 2.75) is 48.5 Å². The molecule has 86 valence electrons. The van der Waals surface area contributed by atoms with Gasteiger partial charge in [-0.15, -0.1) is 0 Å². The topological polar surface area (TPSA) is 3.24 Å². The molecule has 0 aromatic rings. The second-order valence-electron chi connectivity index (χ2n) is 6.88. The van der Waals surface area contributed by atoms with Crippen molar-refractivity contribution in [1.29, 1.82) is 0 Å². The van der Waals surface area contributed by atoms with Crippen molar-refractivity contribution in [3.8, 4) is 0 Å². The minimum absolute atomic E-state index is 0.405. The Morgan fingerprint density at radius 2 is 1.36 bits per heavy atom. The van der Waals surface area contributed by atoms with E-state index in [1.807, 2.05) is 0 Å². The van der Waals surface area contributed by atoms with E-state index in [1.165, 1.54) is 13.1 Å². The fourth-order valence-corrected chi connectivity index (χ4v) is 1.74. The fraction of sp³-hybridized carbons (Fsp3) is 1.00. The van der Waals surface area contributed by atoms with Crippen LogP contribution in [0, 0.1) is 16.7 Å². The van der Waals surface area contributed by atoms with Gasteiger partial charge in [0.25, 0.3) is 0 Å². The van der Waals surface area contributed by atoms with Crippen LogP contribution >= 0.6 is 0 Å². The summed E-state index contributed by atoms with van der Waals surface area (Å²) >= 11 is 0. The lowest BCUT2D eigenvalue weighted by Gasteiger charge is -2.36. The maximum absolute atomic E-state index is 2.46. The van der Waals surface area contributed by atoms with Gasteiger partial charge in [-0.2, -0.15) is 0 Å². The van der Waals surface area contributed by atoms with Gasteiger partial charge >= 0.3 is 0 Å². The van der Waals surface area contributed by atoms with Gasteiger partial charge in [0.15, 0.2) is 0 Å². The Labute approximate surface area is 90.9 Å². The second kappa shape index (κ2) is 4.65. The summed E-state index contributed by atoms with van der Waals surface area (Å²) in [7, 11) is 2.23. The van der Waals surface area contributed by atoms with Crippen LogP contribution in [0.3, 0.4) is 0 Å². The van der Waals surface area contributed by atoms with Crippen LogP contribution in [0.2, 0.25) is 0 Å². The number of nitrogens with zero attached hydrogens (tertiary/aromatic N) is 1. The molecule has 0 bridgehead atoms. The first-order valence-corrected chi connectivity index (χ1v) is 5.73. The van der Waals surface area contributed by atoms with Crippen LogP contribution in [0.15, 0.2) is 0 Å². The molecule has 0 aliphatic carbocycles. The summed E-state index contributed by atoms with van der Waals surface area (Å²) in [4.78, 5) is 2.46. The Hall–Kier alpha value is -0.0400. The monoisotopic (exact) mass is 199 g/mol. The highest BCUT2D eigenvalue weighted by atomic mass is 15.1. The molecule has 0 spiro atoms. The van der Waals surface area contributed by atoms with Gasteiger partial charge in [-0.05, 0) is 23.8 Å². The summed E-state index contributed by atoms with van der Waals surface area (Å²) in [5.74, 6) is 0.741. The quantitative estimate of drug-likeness (QED) is 0.668. The Balaban J connectivity index is 4.12. The lowest BCUT2D eigenvalue weighted by Crippen LogP contribution is -2.38.